The molecule has 0 amide bonds. The predicted molar refractivity (Wildman–Crippen MR) is 39.7 cm³/mol. The standard InChI is InChI=1S/C6H7BO4/c1-3-5(8)10-7-11-6(9)4-2/h3-4,7H,1-2H2. The van der Waals surface area contributed by atoms with Crippen LogP contribution in [-0.4, -0.2) is 19.6 Å². The van der Waals surface area contributed by atoms with Crippen molar-refractivity contribution in [2.75, 3.05) is 0 Å². The molecular formula is C6H7BO4. The summed E-state index contributed by atoms with van der Waals surface area (Å²) >= 11 is 0. The molecular weight excluding hydrogens is 147 g/mol. The molecule has 0 heterocycles. The Hall–Kier alpha value is -1.52. The van der Waals surface area contributed by atoms with Crippen LogP contribution in [0.5, 0.6) is 0 Å². The molecule has 0 aromatic heterocycles. The van der Waals surface area contributed by atoms with Gasteiger partial charge in [-0.25, -0.2) is 9.59 Å². The van der Waals surface area contributed by atoms with Gasteiger partial charge < -0.3 is 9.31 Å². The third-order valence-electron chi connectivity index (χ3n) is 0.736. The Bertz CT molecular complexity index is 167. The lowest BCUT2D eigenvalue weighted by Gasteiger charge is -1.98. The van der Waals surface area contributed by atoms with E-state index >= 15 is 0 Å². The molecule has 0 fully saturated rings. The summed E-state index contributed by atoms with van der Waals surface area (Å²) in [5.74, 6) is -1.27. The first-order valence-electron chi connectivity index (χ1n) is 2.79. The summed E-state index contributed by atoms with van der Waals surface area (Å²) in [5, 5.41) is 0. The first-order valence-corrected chi connectivity index (χ1v) is 2.79. The number of hydrogen-bond donors (Lipinski definition) is 0. The number of carbonyl (C=O) groups is 2. The van der Waals surface area contributed by atoms with Crippen molar-refractivity contribution >= 4 is 19.6 Å². The van der Waals surface area contributed by atoms with E-state index in [0.29, 0.717) is 0 Å². The van der Waals surface area contributed by atoms with Crippen molar-refractivity contribution in [3.8, 4) is 0 Å². The van der Waals surface area contributed by atoms with Gasteiger partial charge >= 0.3 is 19.6 Å². The van der Waals surface area contributed by atoms with E-state index in [1.165, 1.54) is 0 Å². The van der Waals surface area contributed by atoms with Crippen LogP contribution in [0.4, 0.5) is 0 Å². The number of rotatable bonds is 4. The first-order chi connectivity index (χ1) is 5.20. The zero-order chi connectivity index (χ0) is 8.69. The minimum Gasteiger partial charge on any atom is -0.499 e. The summed E-state index contributed by atoms with van der Waals surface area (Å²) < 4.78 is 8.63. The van der Waals surface area contributed by atoms with Gasteiger partial charge in [0.05, 0.1) is 0 Å². The van der Waals surface area contributed by atoms with Gasteiger partial charge in [-0.15, -0.1) is 0 Å². The van der Waals surface area contributed by atoms with Gasteiger partial charge in [-0.1, -0.05) is 13.2 Å². The van der Waals surface area contributed by atoms with Gasteiger partial charge in [0.2, 0.25) is 0 Å². The lowest BCUT2D eigenvalue weighted by atomic mass is 10.4. The van der Waals surface area contributed by atoms with Crippen LogP contribution in [0.2, 0.25) is 0 Å². The lowest BCUT2D eigenvalue weighted by Crippen LogP contribution is -2.12. The number of carbonyl (C=O) groups excluding carboxylic acids is 2. The molecule has 0 rings (SSSR count). The maximum Gasteiger partial charge on any atom is 0.580 e. The SMILES string of the molecule is C=CC(=O)OBOC(=O)C=C. The smallest absolute Gasteiger partial charge is 0.499 e. The summed E-state index contributed by atoms with van der Waals surface area (Å²) in [6.07, 6.45) is 1.95. The average molecular weight is 154 g/mol. The zero-order valence-electron chi connectivity index (χ0n) is 5.91. The molecule has 58 valence electrons. The topological polar surface area (TPSA) is 52.6 Å². The third-order valence-corrected chi connectivity index (χ3v) is 0.736. The van der Waals surface area contributed by atoms with E-state index in [0.717, 1.165) is 12.2 Å². The number of hydrogen-bond acceptors (Lipinski definition) is 4. The molecule has 0 saturated carbocycles. The second kappa shape index (κ2) is 5.28. The summed E-state index contributed by atoms with van der Waals surface area (Å²) in [5.41, 5.74) is 0. The monoisotopic (exact) mass is 154 g/mol. The van der Waals surface area contributed by atoms with Crippen LogP contribution in [-0.2, 0) is 18.9 Å². The normalized spacial score (nSPS) is 7.64. The molecule has 5 heteroatoms. The third kappa shape index (κ3) is 4.96. The molecule has 0 bridgehead atoms. The van der Waals surface area contributed by atoms with Crippen LogP contribution in [0.15, 0.2) is 25.3 Å². The van der Waals surface area contributed by atoms with Gasteiger partial charge in [-0.05, 0) is 0 Å². The summed E-state index contributed by atoms with van der Waals surface area (Å²) in [7, 11) is -0.407. The molecule has 0 aliphatic rings. The van der Waals surface area contributed by atoms with E-state index in [1.807, 2.05) is 0 Å². The van der Waals surface area contributed by atoms with Crippen molar-refractivity contribution in [1.82, 2.24) is 0 Å². The Morgan fingerprint density at radius 2 is 1.45 bits per heavy atom. The van der Waals surface area contributed by atoms with Gasteiger partial charge in [-0.3, -0.25) is 0 Å². The Kier molecular flexibility index (Phi) is 4.56. The molecule has 0 unspecified atom stereocenters. The van der Waals surface area contributed by atoms with Gasteiger partial charge in [0.25, 0.3) is 0 Å². The molecule has 0 aliphatic heterocycles. The van der Waals surface area contributed by atoms with Crippen molar-refractivity contribution in [2.45, 2.75) is 0 Å². The highest BCUT2D eigenvalue weighted by Crippen LogP contribution is 1.80. The Morgan fingerprint density at radius 3 is 1.73 bits per heavy atom. The Balaban J connectivity index is 3.41. The summed E-state index contributed by atoms with van der Waals surface area (Å²) in [6.45, 7) is 6.29. The highest BCUT2D eigenvalue weighted by Gasteiger charge is 2.01. The minimum atomic E-state index is -0.637. The van der Waals surface area contributed by atoms with Crippen molar-refractivity contribution in [3.63, 3.8) is 0 Å². The van der Waals surface area contributed by atoms with E-state index in [2.05, 4.69) is 22.5 Å². The molecule has 0 saturated heterocycles. The molecule has 0 aromatic rings. The van der Waals surface area contributed by atoms with Gasteiger partial charge in [0.15, 0.2) is 0 Å². The quantitative estimate of drug-likeness (QED) is 0.412. The molecule has 0 atom stereocenters. The predicted octanol–water partition coefficient (Wildman–Crippen LogP) is -0.289. The molecule has 0 radical (unpaired) electrons. The molecule has 0 aliphatic carbocycles. The van der Waals surface area contributed by atoms with E-state index in [9.17, 15) is 9.59 Å². The largest absolute Gasteiger partial charge is 0.580 e. The van der Waals surface area contributed by atoms with Crippen LogP contribution in [0, 0.1) is 0 Å². The van der Waals surface area contributed by atoms with Crippen LogP contribution in [0.3, 0.4) is 0 Å². The van der Waals surface area contributed by atoms with Crippen LogP contribution in [0.1, 0.15) is 0 Å². The zero-order valence-corrected chi connectivity index (χ0v) is 5.91. The van der Waals surface area contributed by atoms with E-state index < -0.39 is 19.6 Å². The highest BCUT2D eigenvalue weighted by atomic mass is 16.6. The summed E-state index contributed by atoms with van der Waals surface area (Å²) in [4.78, 5) is 20.6. The van der Waals surface area contributed by atoms with Crippen LogP contribution < -0.4 is 0 Å². The second-order valence-corrected chi connectivity index (χ2v) is 1.45. The van der Waals surface area contributed by atoms with Gasteiger partial charge in [-0.2, -0.15) is 0 Å². The van der Waals surface area contributed by atoms with E-state index in [1.54, 1.807) is 0 Å². The van der Waals surface area contributed by atoms with Crippen molar-refractivity contribution in [3.05, 3.63) is 25.3 Å². The fraction of sp³-hybridized carbons (Fsp3) is 0. The van der Waals surface area contributed by atoms with Gasteiger partial charge in [0, 0.05) is 12.2 Å². The molecule has 11 heavy (non-hydrogen) atoms. The molecule has 4 nitrogen and oxygen atoms in total. The Morgan fingerprint density at radius 1 is 1.09 bits per heavy atom. The summed E-state index contributed by atoms with van der Waals surface area (Å²) in [6, 6.07) is 0. The van der Waals surface area contributed by atoms with Gasteiger partial charge in [0.1, 0.15) is 0 Å². The van der Waals surface area contributed by atoms with Crippen LogP contribution >= 0.6 is 0 Å². The van der Waals surface area contributed by atoms with E-state index in [4.69, 9.17) is 0 Å². The van der Waals surface area contributed by atoms with Crippen molar-refractivity contribution < 1.29 is 18.9 Å². The molecule has 0 N–H and O–H groups in total. The van der Waals surface area contributed by atoms with Crippen molar-refractivity contribution in [2.24, 2.45) is 0 Å². The molecule has 0 aromatic carbocycles. The highest BCUT2D eigenvalue weighted by molar-refractivity contribution is 6.27. The second-order valence-electron chi connectivity index (χ2n) is 1.45. The fourth-order valence-corrected chi connectivity index (χ4v) is 0.263. The van der Waals surface area contributed by atoms with Crippen molar-refractivity contribution in [1.29, 1.82) is 0 Å². The first kappa shape index (κ1) is 9.48. The molecule has 0 spiro atoms. The lowest BCUT2D eigenvalue weighted by molar-refractivity contribution is -0.133. The van der Waals surface area contributed by atoms with Crippen LogP contribution in [0.25, 0.3) is 0 Å². The maximum absolute atomic E-state index is 10.3. The van der Waals surface area contributed by atoms with E-state index in [-0.39, 0.29) is 0 Å². The average Bonchev–Trinajstić information content (AvgIpc) is 2.04. The maximum atomic E-state index is 10.3. The fourth-order valence-electron chi connectivity index (χ4n) is 0.263. The Labute approximate surface area is 64.8 Å². The minimum absolute atomic E-state index is 0.407.